The van der Waals surface area contributed by atoms with E-state index in [-0.39, 0.29) is 6.04 Å². The van der Waals surface area contributed by atoms with Gasteiger partial charge in [0.1, 0.15) is 0 Å². The Kier molecular flexibility index (Phi) is 5.72. The molecule has 0 bridgehead atoms. The van der Waals surface area contributed by atoms with Crippen molar-refractivity contribution in [2.75, 3.05) is 25.1 Å². The summed E-state index contributed by atoms with van der Waals surface area (Å²) >= 11 is 6.74. The smallest absolute Gasteiger partial charge is 0.227 e. The molecule has 0 amide bonds. The van der Waals surface area contributed by atoms with Crippen LogP contribution in [-0.4, -0.2) is 67.7 Å². The van der Waals surface area contributed by atoms with Crippen molar-refractivity contribution < 1.29 is 9.84 Å². The van der Waals surface area contributed by atoms with Crippen LogP contribution in [0.1, 0.15) is 55.8 Å². The molecule has 34 heavy (non-hydrogen) atoms. The fourth-order valence-electron chi connectivity index (χ4n) is 5.61. The molecule has 6 rings (SSSR count). The number of aliphatic hydroxyl groups is 1. The third kappa shape index (κ3) is 4.06. The number of ether oxygens (including phenoxy) is 1. The van der Waals surface area contributed by atoms with Crippen molar-refractivity contribution in [3.8, 4) is 0 Å². The Hall–Kier alpha value is -2.26. The monoisotopic (exact) mass is 482 g/mol. The van der Waals surface area contributed by atoms with Crippen molar-refractivity contribution in [1.82, 2.24) is 24.6 Å². The number of likely N-dealkylation sites (tertiary alicyclic amines) is 1. The second kappa shape index (κ2) is 8.75. The van der Waals surface area contributed by atoms with Gasteiger partial charge in [-0.05, 0) is 69.7 Å². The summed E-state index contributed by atoms with van der Waals surface area (Å²) < 4.78 is 7.58. The number of aliphatic hydroxyl groups excluding tert-OH is 1. The van der Waals surface area contributed by atoms with E-state index in [9.17, 15) is 5.11 Å². The number of hydrogen-bond acceptors (Lipinski definition) is 7. The molecule has 2 aliphatic heterocycles. The highest BCUT2D eigenvalue weighted by atomic mass is 35.5. The largest absolute Gasteiger partial charge is 0.389 e. The van der Waals surface area contributed by atoms with E-state index < -0.39 is 6.10 Å². The number of rotatable bonds is 5. The van der Waals surface area contributed by atoms with Crippen molar-refractivity contribution >= 4 is 34.1 Å². The summed E-state index contributed by atoms with van der Waals surface area (Å²) in [7, 11) is 0. The summed E-state index contributed by atoms with van der Waals surface area (Å²) in [6, 6.07) is 5.09. The van der Waals surface area contributed by atoms with Crippen LogP contribution in [0, 0.1) is 6.92 Å². The molecular weight excluding hydrogens is 452 g/mol. The fourth-order valence-corrected chi connectivity index (χ4v) is 5.93. The van der Waals surface area contributed by atoms with Crippen molar-refractivity contribution in [2.24, 2.45) is 0 Å². The van der Waals surface area contributed by atoms with Crippen molar-refractivity contribution in [3.05, 3.63) is 40.8 Å². The number of fused-ring (bicyclic) bond motifs is 1. The maximum Gasteiger partial charge on any atom is 0.227 e. The number of hydrogen-bond donors (Lipinski definition) is 2. The van der Waals surface area contributed by atoms with Crippen LogP contribution in [0.25, 0.3) is 10.9 Å². The topological polar surface area (TPSA) is 88.3 Å². The molecule has 9 heteroatoms. The van der Waals surface area contributed by atoms with Crippen LogP contribution < -0.4 is 5.32 Å². The molecule has 2 aromatic heterocycles. The van der Waals surface area contributed by atoms with E-state index in [1.54, 1.807) is 0 Å². The van der Waals surface area contributed by atoms with E-state index in [4.69, 9.17) is 21.3 Å². The van der Waals surface area contributed by atoms with E-state index in [1.165, 1.54) is 12.8 Å². The second-order valence-electron chi connectivity index (χ2n) is 10.1. The van der Waals surface area contributed by atoms with Crippen molar-refractivity contribution in [1.29, 1.82) is 0 Å². The van der Waals surface area contributed by atoms with Crippen LogP contribution in [0.4, 0.5) is 11.6 Å². The van der Waals surface area contributed by atoms with E-state index in [0.717, 1.165) is 52.3 Å². The first-order valence-corrected chi connectivity index (χ1v) is 12.6. The molecule has 3 aromatic rings. The Morgan fingerprint density at radius 3 is 2.76 bits per heavy atom. The molecule has 180 valence electrons. The number of anilines is 2. The molecule has 1 saturated carbocycles. The molecular formula is C25H31ClN6O2. The highest BCUT2D eigenvalue weighted by Crippen LogP contribution is 2.39. The zero-order valence-electron chi connectivity index (χ0n) is 19.6. The molecule has 1 aromatic carbocycles. The Bertz CT molecular complexity index is 1210. The normalized spacial score (nSPS) is 28.0. The van der Waals surface area contributed by atoms with E-state index >= 15 is 0 Å². The summed E-state index contributed by atoms with van der Waals surface area (Å²) in [6.45, 7) is 6.28. The van der Waals surface area contributed by atoms with Gasteiger partial charge < -0.3 is 15.2 Å². The van der Waals surface area contributed by atoms with Crippen molar-refractivity contribution in [3.63, 3.8) is 0 Å². The lowest BCUT2D eigenvalue weighted by molar-refractivity contribution is 0.0352. The second-order valence-corrected chi connectivity index (χ2v) is 10.5. The highest BCUT2D eigenvalue weighted by Gasteiger charge is 2.38. The molecule has 2 unspecified atom stereocenters. The van der Waals surface area contributed by atoms with Gasteiger partial charge in [-0.3, -0.25) is 9.58 Å². The molecule has 0 radical (unpaired) electrons. The van der Waals surface area contributed by atoms with Crippen LogP contribution in [0.5, 0.6) is 0 Å². The minimum Gasteiger partial charge on any atom is -0.389 e. The average Bonchev–Trinajstić information content (AvgIpc) is 3.48. The van der Waals surface area contributed by atoms with Gasteiger partial charge in [0.15, 0.2) is 0 Å². The minimum absolute atomic E-state index is 0.0946. The zero-order chi connectivity index (χ0) is 23.4. The summed E-state index contributed by atoms with van der Waals surface area (Å²) in [5.41, 5.74) is 4.09. The first-order chi connectivity index (χ1) is 16.5. The molecule has 3 aliphatic rings. The van der Waals surface area contributed by atoms with Gasteiger partial charge in [0.05, 0.1) is 54.5 Å². The lowest BCUT2D eigenvalue weighted by Gasteiger charge is -2.42. The lowest BCUT2D eigenvalue weighted by atomic mass is 9.84. The average molecular weight is 483 g/mol. The van der Waals surface area contributed by atoms with Gasteiger partial charge in [0, 0.05) is 22.6 Å². The quantitative estimate of drug-likeness (QED) is 0.563. The third-order valence-electron chi connectivity index (χ3n) is 7.70. The standard InChI is InChI=1S/C25H31ClN6O2/c1-14-7-16(5-6-31(14)23-12-34-13-24(23)33)19-9-21-17(8-20(19)26)10-27-25(29-21)30-22-11-28-32(15(22)2)18-3-4-18/h8-11,14,16,18,23-24,33H,3-7,12-13H2,1-2H3,(H,27,29,30)/t14-,16?,23?,24+/m0/s1. The van der Waals surface area contributed by atoms with Gasteiger partial charge in [-0.2, -0.15) is 5.10 Å². The van der Waals surface area contributed by atoms with Gasteiger partial charge in [-0.1, -0.05) is 11.6 Å². The van der Waals surface area contributed by atoms with Crippen molar-refractivity contribution in [2.45, 2.75) is 69.7 Å². The zero-order valence-corrected chi connectivity index (χ0v) is 20.4. The van der Waals surface area contributed by atoms with E-state index in [1.807, 2.05) is 18.5 Å². The Labute approximate surface area is 204 Å². The van der Waals surface area contributed by atoms with Crippen LogP contribution in [0.15, 0.2) is 24.5 Å². The van der Waals surface area contributed by atoms with Crippen LogP contribution in [-0.2, 0) is 4.74 Å². The van der Waals surface area contributed by atoms with Crippen LogP contribution >= 0.6 is 11.6 Å². The molecule has 2 saturated heterocycles. The summed E-state index contributed by atoms with van der Waals surface area (Å²) in [4.78, 5) is 11.7. The van der Waals surface area contributed by atoms with Crippen LogP contribution in [0.2, 0.25) is 5.02 Å². The van der Waals surface area contributed by atoms with Gasteiger partial charge in [0.25, 0.3) is 0 Å². The number of benzene rings is 1. The Morgan fingerprint density at radius 2 is 2.03 bits per heavy atom. The molecule has 2 N–H and O–H groups in total. The first-order valence-electron chi connectivity index (χ1n) is 12.3. The number of nitrogens with zero attached hydrogens (tertiary/aromatic N) is 5. The first kappa shape index (κ1) is 22.2. The third-order valence-corrected chi connectivity index (χ3v) is 8.02. The van der Waals surface area contributed by atoms with Gasteiger partial charge in [-0.25, -0.2) is 9.97 Å². The summed E-state index contributed by atoms with van der Waals surface area (Å²) in [6.07, 6.45) is 7.67. The number of piperidine rings is 1. The summed E-state index contributed by atoms with van der Waals surface area (Å²) in [5.74, 6) is 0.922. The highest BCUT2D eigenvalue weighted by molar-refractivity contribution is 6.32. The minimum atomic E-state index is -0.397. The summed E-state index contributed by atoms with van der Waals surface area (Å²) in [5, 5.41) is 19.8. The predicted octanol–water partition coefficient (Wildman–Crippen LogP) is 4.19. The molecule has 4 heterocycles. The Morgan fingerprint density at radius 1 is 1.18 bits per heavy atom. The van der Waals surface area contributed by atoms with Gasteiger partial charge in [-0.15, -0.1) is 0 Å². The van der Waals surface area contributed by atoms with Gasteiger partial charge >= 0.3 is 0 Å². The molecule has 3 fully saturated rings. The molecule has 8 nitrogen and oxygen atoms in total. The number of aromatic nitrogens is 4. The molecule has 0 spiro atoms. The van der Waals surface area contributed by atoms with E-state index in [0.29, 0.717) is 37.2 Å². The maximum absolute atomic E-state index is 10.3. The SMILES string of the molecule is Cc1c(Nc2ncc3cc(Cl)c(C4CCN(C5COC[C@H]5O)[C@@H](C)C4)cc3n2)cnn1C1CC1. The predicted molar refractivity (Wildman–Crippen MR) is 132 cm³/mol. The van der Waals surface area contributed by atoms with Crippen LogP contribution in [0.3, 0.4) is 0 Å². The van der Waals surface area contributed by atoms with Gasteiger partial charge in [0.2, 0.25) is 5.95 Å². The number of halogens is 1. The maximum atomic E-state index is 10.3. The van der Waals surface area contributed by atoms with E-state index in [2.05, 4.69) is 44.9 Å². The number of nitrogens with one attached hydrogen (secondary N) is 1. The Balaban J connectivity index is 1.22. The molecule has 1 aliphatic carbocycles. The fraction of sp³-hybridized carbons (Fsp3) is 0.560. The molecule has 4 atom stereocenters. The lowest BCUT2D eigenvalue weighted by Crippen LogP contribution is -2.51.